The summed E-state index contributed by atoms with van der Waals surface area (Å²) >= 11 is 0. The molecule has 6 rings (SSSR count). The standard InChI is InChI=1S/C22H28N2O5/c1-12(25)15-8-13-10-21(20(26)29-3)18(15)24(11-13)7-6-22(27)16-9-14(28-2)4-5-17(16)23-19(21)22/h4-5,9,12-13,15,18,25,27H,6-8,10-11H2,1-3H3/t12-,13-,15-,18+,21+,22-/m1/s1. The normalized spacial score (nSPS) is 40.4. The van der Waals surface area contributed by atoms with E-state index in [0.717, 1.165) is 13.0 Å². The number of rotatable bonds is 3. The van der Waals surface area contributed by atoms with Crippen LogP contribution in [0, 0.1) is 17.3 Å². The fraction of sp³-hybridized carbons (Fsp3) is 0.636. The third-order valence-electron chi connectivity index (χ3n) is 7.64. The lowest BCUT2D eigenvalue weighted by molar-refractivity contribution is -0.168. The first-order chi connectivity index (χ1) is 13.8. The number of fused-ring (bicyclic) bond motifs is 4. The first kappa shape index (κ1) is 19.0. The van der Waals surface area contributed by atoms with Crippen LogP contribution in [0.4, 0.5) is 5.69 Å². The van der Waals surface area contributed by atoms with Gasteiger partial charge in [0, 0.05) is 30.6 Å². The molecule has 1 unspecified atom stereocenters. The van der Waals surface area contributed by atoms with E-state index in [-0.39, 0.29) is 23.8 Å². The highest BCUT2D eigenvalue weighted by Gasteiger charge is 2.69. The van der Waals surface area contributed by atoms with E-state index in [2.05, 4.69) is 4.90 Å². The maximum Gasteiger partial charge on any atom is 0.319 e. The summed E-state index contributed by atoms with van der Waals surface area (Å²) in [6.07, 6.45) is 1.37. The summed E-state index contributed by atoms with van der Waals surface area (Å²) in [4.78, 5) is 20.6. The van der Waals surface area contributed by atoms with Gasteiger partial charge in [0.05, 0.1) is 31.7 Å². The molecule has 7 nitrogen and oxygen atoms in total. The maximum absolute atomic E-state index is 13.4. The quantitative estimate of drug-likeness (QED) is 0.750. The largest absolute Gasteiger partial charge is 0.497 e. The molecule has 0 amide bonds. The minimum atomic E-state index is -1.35. The molecule has 1 aliphatic carbocycles. The third-order valence-corrected chi connectivity index (χ3v) is 7.64. The van der Waals surface area contributed by atoms with Crippen LogP contribution in [0.3, 0.4) is 0 Å². The van der Waals surface area contributed by atoms with E-state index in [9.17, 15) is 15.0 Å². The van der Waals surface area contributed by atoms with Gasteiger partial charge >= 0.3 is 5.97 Å². The minimum absolute atomic E-state index is 0.0649. The van der Waals surface area contributed by atoms with Gasteiger partial charge < -0.3 is 19.7 Å². The molecular weight excluding hydrogens is 372 g/mol. The van der Waals surface area contributed by atoms with Crippen molar-refractivity contribution in [2.75, 3.05) is 27.3 Å². The van der Waals surface area contributed by atoms with Crippen molar-refractivity contribution >= 4 is 17.4 Å². The Morgan fingerprint density at radius 1 is 1.38 bits per heavy atom. The van der Waals surface area contributed by atoms with Crippen LogP contribution in [0.25, 0.3) is 0 Å². The van der Waals surface area contributed by atoms with E-state index in [1.165, 1.54) is 7.11 Å². The van der Waals surface area contributed by atoms with Gasteiger partial charge in [0.25, 0.3) is 0 Å². The minimum Gasteiger partial charge on any atom is -0.497 e. The lowest BCUT2D eigenvalue weighted by Gasteiger charge is -2.58. The van der Waals surface area contributed by atoms with Crippen molar-refractivity contribution < 1.29 is 24.5 Å². The second-order valence-electron chi connectivity index (χ2n) is 9.07. The predicted molar refractivity (Wildman–Crippen MR) is 106 cm³/mol. The average Bonchev–Trinajstić information content (AvgIpc) is 3.00. The number of methoxy groups -OCH3 is 2. The first-order valence-electron chi connectivity index (χ1n) is 10.4. The fourth-order valence-corrected chi connectivity index (χ4v) is 6.55. The summed E-state index contributed by atoms with van der Waals surface area (Å²) in [5.74, 6) is 0.477. The van der Waals surface area contributed by atoms with E-state index in [0.29, 0.717) is 42.1 Å². The Morgan fingerprint density at radius 3 is 2.86 bits per heavy atom. The van der Waals surface area contributed by atoms with Gasteiger partial charge in [0.2, 0.25) is 0 Å². The SMILES string of the molecule is COC(=O)[C@@]12C[C@H]3C[C@H]([C@@H](C)O)[C@@H]1N(CC[C@]1(O)C2=Nc2ccc(OC)cc21)C3. The number of esters is 1. The van der Waals surface area contributed by atoms with Crippen molar-refractivity contribution in [3.05, 3.63) is 23.8 Å². The molecule has 4 bridgehead atoms. The average molecular weight is 400 g/mol. The molecule has 0 radical (unpaired) electrons. The molecule has 29 heavy (non-hydrogen) atoms. The van der Waals surface area contributed by atoms with Crippen molar-refractivity contribution in [3.8, 4) is 5.75 Å². The molecule has 7 atom stereocenters. The van der Waals surface area contributed by atoms with Crippen LogP contribution in [-0.2, 0) is 15.1 Å². The van der Waals surface area contributed by atoms with Crippen LogP contribution >= 0.6 is 0 Å². The monoisotopic (exact) mass is 400 g/mol. The number of hydrogen-bond donors (Lipinski definition) is 2. The summed E-state index contributed by atoms with van der Waals surface area (Å²) in [6.45, 7) is 3.31. The Balaban J connectivity index is 1.74. The molecule has 1 aromatic carbocycles. The smallest absolute Gasteiger partial charge is 0.319 e. The number of aliphatic imine (C=N–C) groups is 1. The molecule has 4 fully saturated rings. The molecule has 156 valence electrons. The van der Waals surface area contributed by atoms with Gasteiger partial charge in [-0.1, -0.05) is 0 Å². The summed E-state index contributed by atoms with van der Waals surface area (Å²) in [5.41, 5.74) is -0.554. The Labute approximate surface area is 170 Å². The van der Waals surface area contributed by atoms with Crippen molar-refractivity contribution in [2.24, 2.45) is 22.2 Å². The Kier molecular flexibility index (Phi) is 4.11. The third kappa shape index (κ3) is 2.35. The Morgan fingerprint density at radius 2 is 2.17 bits per heavy atom. The number of benzene rings is 1. The van der Waals surface area contributed by atoms with Gasteiger partial charge in [-0.25, -0.2) is 0 Å². The van der Waals surface area contributed by atoms with E-state index in [1.807, 2.05) is 18.2 Å². The van der Waals surface area contributed by atoms with E-state index in [4.69, 9.17) is 14.5 Å². The van der Waals surface area contributed by atoms with Gasteiger partial charge in [0.15, 0.2) is 0 Å². The molecule has 3 saturated heterocycles. The van der Waals surface area contributed by atoms with Crippen LogP contribution in [0.1, 0.15) is 31.7 Å². The molecule has 0 aromatic heterocycles. The second-order valence-corrected chi connectivity index (χ2v) is 9.07. The number of ether oxygens (including phenoxy) is 2. The van der Waals surface area contributed by atoms with Gasteiger partial charge in [0.1, 0.15) is 16.8 Å². The van der Waals surface area contributed by atoms with Gasteiger partial charge in [-0.2, -0.15) is 0 Å². The molecule has 1 aromatic rings. The predicted octanol–water partition coefficient (Wildman–Crippen LogP) is 1.62. The molecular formula is C22H28N2O5. The van der Waals surface area contributed by atoms with E-state index < -0.39 is 17.1 Å². The van der Waals surface area contributed by atoms with Crippen LogP contribution in [0.5, 0.6) is 5.75 Å². The number of piperidine rings is 2. The van der Waals surface area contributed by atoms with Crippen molar-refractivity contribution in [2.45, 2.75) is 43.9 Å². The summed E-state index contributed by atoms with van der Waals surface area (Å²) < 4.78 is 10.7. The summed E-state index contributed by atoms with van der Waals surface area (Å²) in [5, 5.41) is 22.6. The zero-order chi connectivity index (χ0) is 20.6. The number of hydrogen-bond acceptors (Lipinski definition) is 7. The number of aliphatic hydroxyl groups excluding tert-OH is 1. The number of nitrogens with zero attached hydrogens (tertiary/aromatic N) is 2. The Hall–Kier alpha value is -1.96. The topological polar surface area (TPSA) is 91.6 Å². The number of carbonyl (C=O) groups excluding carboxylic acids is 1. The summed E-state index contributed by atoms with van der Waals surface area (Å²) in [7, 11) is 2.99. The molecule has 1 saturated carbocycles. The fourth-order valence-electron chi connectivity index (χ4n) is 6.55. The van der Waals surface area contributed by atoms with Crippen molar-refractivity contribution in [1.82, 2.24) is 4.90 Å². The zero-order valence-corrected chi connectivity index (χ0v) is 17.1. The van der Waals surface area contributed by atoms with E-state index >= 15 is 0 Å². The van der Waals surface area contributed by atoms with Crippen LogP contribution < -0.4 is 4.74 Å². The Bertz CT molecular complexity index is 899. The van der Waals surface area contributed by atoms with Crippen LogP contribution in [-0.4, -0.2) is 66.2 Å². The maximum atomic E-state index is 13.4. The van der Waals surface area contributed by atoms with Crippen molar-refractivity contribution in [3.63, 3.8) is 0 Å². The van der Waals surface area contributed by atoms with Crippen LogP contribution in [0.15, 0.2) is 23.2 Å². The molecule has 7 heteroatoms. The van der Waals surface area contributed by atoms with Gasteiger partial charge in [-0.05, 0) is 50.3 Å². The number of aliphatic hydroxyl groups is 2. The van der Waals surface area contributed by atoms with Crippen molar-refractivity contribution in [1.29, 1.82) is 0 Å². The highest BCUT2D eigenvalue weighted by molar-refractivity contribution is 6.15. The van der Waals surface area contributed by atoms with Gasteiger partial charge in [-0.15, -0.1) is 0 Å². The summed E-state index contributed by atoms with van der Waals surface area (Å²) in [6, 6.07) is 5.25. The first-order valence-corrected chi connectivity index (χ1v) is 10.4. The molecule has 5 aliphatic rings. The zero-order valence-electron chi connectivity index (χ0n) is 17.1. The molecule has 4 heterocycles. The molecule has 4 aliphatic heterocycles. The lowest BCUT2D eigenvalue weighted by Crippen LogP contribution is -2.69. The van der Waals surface area contributed by atoms with Crippen LogP contribution in [0.2, 0.25) is 0 Å². The molecule has 2 N–H and O–H groups in total. The van der Waals surface area contributed by atoms with Gasteiger partial charge in [-0.3, -0.25) is 14.7 Å². The highest BCUT2D eigenvalue weighted by Crippen LogP contribution is 2.60. The lowest BCUT2D eigenvalue weighted by atomic mass is 9.54. The second kappa shape index (κ2) is 6.27. The highest BCUT2D eigenvalue weighted by atomic mass is 16.5. The number of carbonyl (C=O) groups is 1. The van der Waals surface area contributed by atoms with E-state index in [1.54, 1.807) is 14.0 Å². The molecule has 0 spiro atoms.